The van der Waals surface area contributed by atoms with Crippen LogP contribution < -0.4 is 4.74 Å². The van der Waals surface area contributed by atoms with Crippen LogP contribution in [0, 0.1) is 12.7 Å². The summed E-state index contributed by atoms with van der Waals surface area (Å²) in [6.07, 6.45) is -0.701. The van der Waals surface area contributed by atoms with E-state index in [0.717, 1.165) is 12.1 Å². The topological polar surface area (TPSA) is 63.6 Å². The molecule has 25 heavy (non-hydrogen) atoms. The number of sulfone groups is 1. The molecule has 134 valence electrons. The molecule has 0 spiro atoms. The molecule has 0 radical (unpaired) electrons. The molecular formula is C17H15F3O4S. The Morgan fingerprint density at radius 2 is 1.96 bits per heavy atom. The van der Waals surface area contributed by atoms with Crippen molar-refractivity contribution in [3.8, 4) is 11.5 Å². The molecule has 1 N–H and O–H groups in total. The summed E-state index contributed by atoms with van der Waals surface area (Å²) < 4.78 is 68.6. The lowest BCUT2D eigenvalue weighted by atomic mass is 10.1. The molecule has 2 aromatic rings. The van der Waals surface area contributed by atoms with Crippen LogP contribution in [-0.2, 0) is 16.3 Å². The molecule has 3 rings (SSSR count). The number of ether oxygens (including phenoxy) is 1. The summed E-state index contributed by atoms with van der Waals surface area (Å²) in [4.78, 5) is -0.592. The lowest BCUT2D eigenvalue weighted by molar-refractivity contribution is 0.176. The molecule has 0 saturated heterocycles. The average molecular weight is 372 g/mol. The van der Waals surface area contributed by atoms with Crippen molar-refractivity contribution in [2.24, 2.45) is 0 Å². The fourth-order valence-corrected chi connectivity index (χ4v) is 4.02. The molecule has 0 heterocycles. The molecule has 4 nitrogen and oxygen atoms in total. The van der Waals surface area contributed by atoms with Gasteiger partial charge < -0.3 is 9.84 Å². The van der Waals surface area contributed by atoms with Gasteiger partial charge in [-0.2, -0.15) is 8.78 Å². The van der Waals surface area contributed by atoms with E-state index in [-0.39, 0.29) is 29.9 Å². The van der Waals surface area contributed by atoms with Crippen LogP contribution in [0.3, 0.4) is 0 Å². The molecule has 0 amide bonds. The molecule has 2 aromatic carbocycles. The minimum atomic E-state index is -4.85. The minimum absolute atomic E-state index is 0.0640. The highest BCUT2D eigenvalue weighted by molar-refractivity contribution is 7.91. The standard InChI is InChI=1S/C17H15F3O4S/c1-9-6-10(18)8-11(7-9)24-14-4-5-15(25(22,23)17(19)20)16-12(14)2-3-13(16)21/h4-8,13,17,21H,2-3H2,1H3/t13-/m1/s1. The van der Waals surface area contributed by atoms with Crippen LogP contribution in [0.1, 0.15) is 29.2 Å². The zero-order valence-electron chi connectivity index (χ0n) is 13.2. The second-order valence-corrected chi connectivity index (χ2v) is 7.77. The first-order valence-corrected chi connectivity index (χ1v) is 9.05. The van der Waals surface area contributed by atoms with Crippen LogP contribution in [0.5, 0.6) is 11.5 Å². The Bertz CT molecular complexity index is 905. The van der Waals surface area contributed by atoms with E-state index in [2.05, 4.69) is 0 Å². The highest BCUT2D eigenvalue weighted by Crippen LogP contribution is 2.43. The first kappa shape index (κ1) is 17.8. The maximum atomic E-state index is 13.5. The third-order valence-electron chi connectivity index (χ3n) is 4.06. The second kappa shape index (κ2) is 6.34. The fraction of sp³-hybridized carbons (Fsp3) is 0.294. The summed E-state index contributed by atoms with van der Waals surface area (Å²) >= 11 is 0. The summed E-state index contributed by atoms with van der Waals surface area (Å²) in [7, 11) is -4.85. The molecule has 0 aliphatic heterocycles. The number of halogens is 3. The Kier molecular flexibility index (Phi) is 4.51. The van der Waals surface area contributed by atoms with Gasteiger partial charge in [0, 0.05) is 17.2 Å². The van der Waals surface area contributed by atoms with E-state index in [9.17, 15) is 26.7 Å². The molecule has 1 aliphatic rings. The molecule has 1 aliphatic carbocycles. The van der Waals surface area contributed by atoms with Gasteiger partial charge in [0.2, 0.25) is 9.84 Å². The first-order chi connectivity index (χ1) is 11.7. The van der Waals surface area contributed by atoms with Crippen LogP contribution in [-0.4, -0.2) is 19.3 Å². The van der Waals surface area contributed by atoms with Crippen LogP contribution in [0.25, 0.3) is 0 Å². The predicted octanol–water partition coefficient (Wildman–Crippen LogP) is 3.90. The number of rotatable bonds is 4. The highest BCUT2D eigenvalue weighted by Gasteiger charge is 2.36. The number of aliphatic hydroxyl groups excluding tert-OH is 1. The van der Waals surface area contributed by atoms with E-state index >= 15 is 0 Å². The average Bonchev–Trinajstić information content (AvgIpc) is 2.89. The van der Waals surface area contributed by atoms with Gasteiger partial charge in [0.25, 0.3) is 0 Å². The maximum absolute atomic E-state index is 13.5. The number of alkyl halides is 2. The lowest BCUT2D eigenvalue weighted by Crippen LogP contribution is -2.15. The summed E-state index contributed by atoms with van der Waals surface area (Å²) in [5.74, 6) is -3.67. The normalized spacial score (nSPS) is 17.0. The maximum Gasteiger partial charge on any atom is 0.341 e. The second-order valence-electron chi connectivity index (χ2n) is 5.88. The SMILES string of the molecule is Cc1cc(F)cc(Oc2ccc(S(=O)(=O)C(F)F)c3c2CC[C@H]3O)c1. The molecule has 0 unspecified atom stereocenters. The molecule has 8 heteroatoms. The first-order valence-electron chi connectivity index (χ1n) is 7.51. The Hall–Kier alpha value is -2.06. The van der Waals surface area contributed by atoms with Gasteiger partial charge in [-0.15, -0.1) is 0 Å². The van der Waals surface area contributed by atoms with Crippen molar-refractivity contribution in [3.63, 3.8) is 0 Å². The van der Waals surface area contributed by atoms with E-state index in [4.69, 9.17) is 4.74 Å². The summed E-state index contributed by atoms with van der Waals surface area (Å²) in [6.45, 7) is 1.68. The van der Waals surface area contributed by atoms with E-state index in [1.54, 1.807) is 13.0 Å². The Morgan fingerprint density at radius 3 is 2.60 bits per heavy atom. The van der Waals surface area contributed by atoms with Gasteiger partial charge in [-0.05, 0) is 49.6 Å². The number of fused-ring (bicyclic) bond motifs is 1. The number of hydrogen-bond donors (Lipinski definition) is 1. The van der Waals surface area contributed by atoms with Gasteiger partial charge in [0.1, 0.15) is 17.3 Å². The van der Waals surface area contributed by atoms with Crippen molar-refractivity contribution < 1.29 is 31.4 Å². The zero-order valence-corrected chi connectivity index (χ0v) is 14.0. The van der Waals surface area contributed by atoms with Crippen molar-refractivity contribution in [1.29, 1.82) is 0 Å². The van der Waals surface area contributed by atoms with Gasteiger partial charge in [0.15, 0.2) is 0 Å². The summed E-state index contributed by atoms with van der Waals surface area (Å²) in [5.41, 5.74) is 0.908. The Balaban J connectivity index is 2.09. The third-order valence-corrected chi connectivity index (χ3v) is 5.50. The molecule has 0 aromatic heterocycles. The van der Waals surface area contributed by atoms with Crippen molar-refractivity contribution in [2.45, 2.75) is 36.5 Å². The number of hydrogen-bond acceptors (Lipinski definition) is 4. The highest BCUT2D eigenvalue weighted by atomic mass is 32.2. The third kappa shape index (κ3) is 3.23. The van der Waals surface area contributed by atoms with Crippen LogP contribution in [0.2, 0.25) is 0 Å². The number of benzene rings is 2. The summed E-state index contributed by atoms with van der Waals surface area (Å²) in [5, 5.41) is 10.1. The quantitative estimate of drug-likeness (QED) is 0.884. The van der Waals surface area contributed by atoms with Gasteiger partial charge in [0.05, 0.1) is 11.0 Å². The molecule has 0 bridgehead atoms. The smallest absolute Gasteiger partial charge is 0.341 e. The Morgan fingerprint density at radius 1 is 1.24 bits per heavy atom. The number of aliphatic hydroxyl groups is 1. The van der Waals surface area contributed by atoms with Crippen LogP contribution in [0.4, 0.5) is 13.2 Å². The lowest BCUT2D eigenvalue weighted by Gasteiger charge is -2.16. The summed E-state index contributed by atoms with van der Waals surface area (Å²) in [6, 6.07) is 6.32. The largest absolute Gasteiger partial charge is 0.457 e. The molecule has 0 saturated carbocycles. The zero-order chi connectivity index (χ0) is 18.4. The van der Waals surface area contributed by atoms with E-state index in [1.165, 1.54) is 12.1 Å². The van der Waals surface area contributed by atoms with Crippen molar-refractivity contribution in [1.82, 2.24) is 0 Å². The van der Waals surface area contributed by atoms with Crippen LogP contribution >= 0.6 is 0 Å². The van der Waals surface area contributed by atoms with Crippen molar-refractivity contribution in [2.75, 3.05) is 0 Å². The van der Waals surface area contributed by atoms with Crippen LogP contribution in [0.15, 0.2) is 35.2 Å². The van der Waals surface area contributed by atoms with Crippen molar-refractivity contribution >= 4 is 9.84 Å². The number of aryl methyl sites for hydroxylation is 1. The molecule has 0 fully saturated rings. The molecule has 1 atom stereocenters. The van der Waals surface area contributed by atoms with Gasteiger partial charge in [-0.3, -0.25) is 0 Å². The van der Waals surface area contributed by atoms with E-state index in [0.29, 0.717) is 11.1 Å². The van der Waals surface area contributed by atoms with E-state index < -0.39 is 32.4 Å². The van der Waals surface area contributed by atoms with Gasteiger partial charge in [-0.25, -0.2) is 12.8 Å². The predicted molar refractivity (Wildman–Crippen MR) is 84.1 cm³/mol. The fourth-order valence-electron chi connectivity index (χ4n) is 3.00. The molecular weight excluding hydrogens is 357 g/mol. The Labute approximate surface area is 142 Å². The van der Waals surface area contributed by atoms with E-state index in [1.807, 2.05) is 0 Å². The van der Waals surface area contributed by atoms with Gasteiger partial charge in [-0.1, -0.05) is 0 Å². The minimum Gasteiger partial charge on any atom is -0.457 e. The van der Waals surface area contributed by atoms with Crippen molar-refractivity contribution in [3.05, 3.63) is 52.8 Å². The van der Waals surface area contributed by atoms with Gasteiger partial charge >= 0.3 is 5.76 Å². The monoisotopic (exact) mass is 372 g/mol.